The van der Waals surface area contributed by atoms with Gasteiger partial charge in [0.15, 0.2) is 0 Å². The summed E-state index contributed by atoms with van der Waals surface area (Å²) in [5.74, 6) is 0. The minimum absolute atomic E-state index is 0.0442. The van der Waals surface area contributed by atoms with E-state index in [2.05, 4.69) is 4.72 Å². The summed E-state index contributed by atoms with van der Waals surface area (Å²) in [7, 11) is -0.778. The van der Waals surface area contributed by atoms with Gasteiger partial charge in [-0.15, -0.1) is 0 Å². The third kappa shape index (κ3) is 4.58. The Morgan fingerprint density at radius 2 is 1.95 bits per heavy atom. The molecule has 0 fully saturated rings. The maximum absolute atomic E-state index is 12.2. The van der Waals surface area contributed by atoms with Gasteiger partial charge in [0.2, 0.25) is 10.0 Å². The molecule has 1 aromatic carbocycles. The third-order valence-electron chi connectivity index (χ3n) is 2.76. The van der Waals surface area contributed by atoms with E-state index in [0.29, 0.717) is 5.02 Å². The summed E-state index contributed by atoms with van der Waals surface area (Å²) < 4.78 is 37.1. The van der Waals surface area contributed by atoms with Crippen LogP contribution < -0.4 is 4.72 Å². The first-order valence-electron chi connectivity index (χ1n) is 5.73. The standard InChI is InChI=1S/C12H17Cl2NO4S/c1-12(19-3,8-18-2)7-15-20(16,17)11-6-9(13)4-5-10(11)14/h4-6,15H,7-8H2,1-3H3. The van der Waals surface area contributed by atoms with Crippen molar-refractivity contribution in [1.82, 2.24) is 4.72 Å². The zero-order valence-corrected chi connectivity index (χ0v) is 13.8. The Kier molecular flexibility index (Phi) is 6.25. The molecule has 5 nitrogen and oxygen atoms in total. The molecule has 0 aromatic heterocycles. The fourth-order valence-electron chi connectivity index (χ4n) is 1.50. The van der Waals surface area contributed by atoms with Crippen LogP contribution in [-0.4, -0.2) is 41.4 Å². The van der Waals surface area contributed by atoms with Crippen LogP contribution in [-0.2, 0) is 19.5 Å². The quantitative estimate of drug-likeness (QED) is 0.826. The predicted octanol–water partition coefficient (Wildman–Crippen LogP) is 2.32. The number of hydrogen-bond acceptors (Lipinski definition) is 4. The van der Waals surface area contributed by atoms with Crippen molar-refractivity contribution in [3.05, 3.63) is 28.2 Å². The largest absolute Gasteiger partial charge is 0.382 e. The van der Waals surface area contributed by atoms with E-state index in [0.717, 1.165) is 0 Å². The van der Waals surface area contributed by atoms with E-state index < -0.39 is 15.6 Å². The van der Waals surface area contributed by atoms with Crippen molar-refractivity contribution in [2.24, 2.45) is 0 Å². The molecule has 20 heavy (non-hydrogen) atoms. The number of hydrogen-bond donors (Lipinski definition) is 1. The number of rotatable bonds is 7. The lowest BCUT2D eigenvalue weighted by molar-refractivity contribution is -0.0460. The Morgan fingerprint density at radius 3 is 2.50 bits per heavy atom. The average Bonchev–Trinajstić information content (AvgIpc) is 2.40. The molecule has 0 aliphatic rings. The molecule has 0 spiro atoms. The minimum Gasteiger partial charge on any atom is -0.382 e. The van der Waals surface area contributed by atoms with Crippen LogP contribution in [0, 0.1) is 0 Å². The van der Waals surface area contributed by atoms with E-state index in [4.69, 9.17) is 32.7 Å². The van der Waals surface area contributed by atoms with Gasteiger partial charge in [0.25, 0.3) is 0 Å². The van der Waals surface area contributed by atoms with Gasteiger partial charge in [0.05, 0.1) is 11.6 Å². The van der Waals surface area contributed by atoms with Gasteiger partial charge in [-0.25, -0.2) is 13.1 Å². The number of ether oxygens (including phenoxy) is 2. The molecule has 1 N–H and O–H groups in total. The second kappa shape index (κ2) is 7.06. The fourth-order valence-corrected chi connectivity index (χ4v) is 3.41. The molecule has 1 atom stereocenters. The number of methoxy groups -OCH3 is 2. The molecule has 1 aromatic rings. The molecule has 1 unspecified atom stereocenters. The summed E-state index contributed by atoms with van der Waals surface area (Å²) in [5.41, 5.74) is -0.771. The Balaban J connectivity index is 2.93. The van der Waals surface area contributed by atoms with Crippen molar-refractivity contribution >= 4 is 33.2 Å². The van der Waals surface area contributed by atoms with E-state index in [1.165, 1.54) is 32.4 Å². The molecule has 0 heterocycles. The van der Waals surface area contributed by atoms with E-state index >= 15 is 0 Å². The smallest absolute Gasteiger partial charge is 0.242 e. The van der Waals surface area contributed by atoms with Crippen LogP contribution in [0.25, 0.3) is 0 Å². The van der Waals surface area contributed by atoms with Crippen molar-refractivity contribution in [2.75, 3.05) is 27.4 Å². The minimum atomic E-state index is -3.78. The van der Waals surface area contributed by atoms with Crippen molar-refractivity contribution < 1.29 is 17.9 Å². The van der Waals surface area contributed by atoms with Gasteiger partial charge >= 0.3 is 0 Å². The van der Waals surface area contributed by atoms with E-state index in [9.17, 15) is 8.42 Å². The summed E-state index contributed by atoms with van der Waals surface area (Å²) in [4.78, 5) is -0.0671. The van der Waals surface area contributed by atoms with E-state index in [1.54, 1.807) is 6.92 Å². The Labute approximate surface area is 129 Å². The SMILES string of the molecule is COCC(C)(CNS(=O)(=O)c1cc(Cl)ccc1Cl)OC. The van der Waals surface area contributed by atoms with Gasteiger partial charge in [0, 0.05) is 25.8 Å². The van der Waals surface area contributed by atoms with E-state index in [-0.39, 0.29) is 23.1 Å². The van der Waals surface area contributed by atoms with Crippen LogP contribution in [0.15, 0.2) is 23.1 Å². The van der Waals surface area contributed by atoms with Crippen molar-refractivity contribution in [2.45, 2.75) is 17.4 Å². The lowest BCUT2D eigenvalue weighted by Gasteiger charge is -2.27. The summed E-state index contributed by atoms with van der Waals surface area (Å²) in [6.45, 7) is 2.02. The Hall–Kier alpha value is -0.370. The van der Waals surface area contributed by atoms with Gasteiger partial charge in [-0.1, -0.05) is 23.2 Å². The molecule has 8 heteroatoms. The van der Waals surface area contributed by atoms with Crippen LogP contribution in [0.3, 0.4) is 0 Å². The Morgan fingerprint density at radius 1 is 1.30 bits per heavy atom. The maximum atomic E-state index is 12.2. The third-order valence-corrected chi connectivity index (χ3v) is 4.88. The highest BCUT2D eigenvalue weighted by Crippen LogP contribution is 2.25. The van der Waals surface area contributed by atoms with Gasteiger partial charge in [0.1, 0.15) is 10.5 Å². The molecule has 0 bridgehead atoms. The normalized spacial score (nSPS) is 15.1. The van der Waals surface area contributed by atoms with Crippen molar-refractivity contribution in [3.63, 3.8) is 0 Å². The van der Waals surface area contributed by atoms with Gasteiger partial charge < -0.3 is 9.47 Å². The first kappa shape index (κ1) is 17.7. The first-order chi connectivity index (χ1) is 9.24. The van der Waals surface area contributed by atoms with Crippen LogP contribution in [0.2, 0.25) is 10.0 Å². The lowest BCUT2D eigenvalue weighted by atomic mass is 10.1. The second-order valence-corrected chi connectivity index (χ2v) is 7.07. The number of sulfonamides is 1. The number of halogens is 2. The highest BCUT2D eigenvalue weighted by molar-refractivity contribution is 7.89. The molecule has 1 rings (SSSR count). The highest BCUT2D eigenvalue weighted by Gasteiger charge is 2.27. The summed E-state index contributed by atoms with van der Waals surface area (Å²) in [6.07, 6.45) is 0. The zero-order chi connectivity index (χ0) is 15.4. The fraction of sp³-hybridized carbons (Fsp3) is 0.500. The molecule has 114 valence electrons. The van der Waals surface area contributed by atoms with Gasteiger partial charge in [-0.3, -0.25) is 0 Å². The van der Waals surface area contributed by atoms with Crippen molar-refractivity contribution in [1.29, 1.82) is 0 Å². The van der Waals surface area contributed by atoms with Gasteiger partial charge in [-0.2, -0.15) is 0 Å². The molecule has 0 amide bonds. The Bertz CT molecular complexity index is 565. The average molecular weight is 342 g/mol. The first-order valence-corrected chi connectivity index (χ1v) is 7.97. The molecule has 0 saturated carbocycles. The summed E-state index contributed by atoms with van der Waals surface area (Å²) in [6, 6.07) is 4.25. The monoisotopic (exact) mass is 341 g/mol. The lowest BCUT2D eigenvalue weighted by Crippen LogP contribution is -2.45. The molecular formula is C12H17Cl2NO4S. The second-order valence-electron chi connectivity index (χ2n) is 4.49. The molecular weight excluding hydrogens is 325 g/mol. The molecule has 0 radical (unpaired) electrons. The maximum Gasteiger partial charge on any atom is 0.242 e. The molecule has 0 saturated heterocycles. The topological polar surface area (TPSA) is 64.6 Å². The molecule has 0 aliphatic carbocycles. The summed E-state index contributed by atoms with van der Waals surface area (Å²) in [5, 5.41) is 0.397. The highest BCUT2D eigenvalue weighted by atomic mass is 35.5. The van der Waals surface area contributed by atoms with Crippen LogP contribution in [0.4, 0.5) is 0 Å². The number of nitrogens with one attached hydrogen (secondary N) is 1. The zero-order valence-electron chi connectivity index (χ0n) is 11.4. The predicted molar refractivity (Wildman–Crippen MR) is 78.9 cm³/mol. The molecule has 0 aliphatic heterocycles. The van der Waals surface area contributed by atoms with Crippen molar-refractivity contribution in [3.8, 4) is 0 Å². The van der Waals surface area contributed by atoms with Crippen LogP contribution >= 0.6 is 23.2 Å². The van der Waals surface area contributed by atoms with Crippen LogP contribution in [0.5, 0.6) is 0 Å². The van der Waals surface area contributed by atoms with E-state index in [1.807, 2.05) is 0 Å². The van der Waals surface area contributed by atoms with Crippen LogP contribution in [0.1, 0.15) is 6.92 Å². The van der Waals surface area contributed by atoms with Gasteiger partial charge in [-0.05, 0) is 25.1 Å². The number of benzene rings is 1. The summed E-state index contributed by atoms with van der Waals surface area (Å²) >= 11 is 11.7.